The van der Waals surface area contributed by atoms with Crippen LogP contribution in [0.4, 0.5) is 0 Å². The van der Waals surface area contributed by atoms with Gasteiger partial charge in [0.15, 0.2) is 0 Å². The molecule has 112 valence electrons. The third kappa shape index (κ3) is 3.52. The maximum atomic E-state index is 3.85. The van der Waals surface area contributed by atoms with E-state index in [0.717, 1.165) is 17.9 Å². The van der Waals surface area contributed by atoms with Gasteiger partial charge in [-0.15, -0.1) is 0 Å². The molecular formula is C17H34N2. The Morgan fingerprint density at radius 2 is 1.89 bits per heavy atom. The van der Waals surface area contributed by atoms with Gasteiger partial charge >= 0.3 is 0 Å². The van der Waals surface area contributed by atoms with E-state index in [9.17, 15) is 0 Å². The maximum absolute atomic E-state index is 3.85. The van der Waals surface area contributed by atoms with Crippen LogP contribution in [0.5, 0.6) is 0 Å². The first-order chi connectivity index (χ1) is 9.12. The summed E-state index contributed by atoms with van der Waals surface area (Å²) in [7, 11) is 0. The van der Waals surface area contributed by atoms with Crippen LogP contribution in [0.15, 0.2) is 0 Å². The van der Waals surface area contributed by atoms with Crippen LogP contribution in [-0.4, -0.2) is 36.1 Å². The van der Waals surface area contributed by atoms with Gasteiger partial charge in [0.2, 0.25) is 0 Å². The van der Waals surface area contributed by atoms with E-state index in [0.29, 0.717) is 5.54 Å². The zero-order valence-electron chi connectivity index (χ0n) is 13.5. The van der Waals surface area contributed by atoms with Crippen molar-refractivity contribution in [3.63, 3.8) is 0 Å². The Morgan fingerprint density at radius 1 is 1.16 bits per heavy atom. The normalized spacial score (nSPS) is 35.7. The zero-order chi connectivity index (χ0) is 13.9. The molecule has 3 atom stereocenters. The quantitative estimate of drug-likeness (QED) is 0.817. The minimum atomic E-state index is 0.385. The van der Waals surface area contributed by atoms with Crippen LogP contribution in [0.2, 0.25) is 0 Å². The molecule has 1 N–H and O–H groups in total. The van der Waals surface area contributed by atoms with E-state index in [1.807, 2.05) is 0 Å². The molecule has 1 saturated carbocycles. The van der Waals surface area contributed by atoms with Crippen LogP contribution >= 0.6 is 0 Å². The lowest BCUT2D eigenvalue weighted by Gasteiger charge is -2.48. The Bertz CT molecular complexity index is 272. The fraction of sp³-hybridized carbons (Fsp3) is 1.00. The van der Waals surface area contributed by atoms with Gasteiger partial charge in [0.1, 0.15) is 0 Å². The Hall–Kier alpha value is -0.0800. The molecule has 0 aromatic rings. The summed E-state index contributed by atoms with van der Waals surface area (Å²) >= 11 is 0. The molecule has 2 fully saturated rings. The lowest BCUT2D eigenvalue weighted by atomic mass is 9.87. The average molecular weight is 266 g/mol. The summed E-state index contributed by atoms with van der Waals surface area (Å²) in [4.78, 5) is 2.83. The van der Waals surface area contributed by atoms with Gasteiger partial charge in [-0.2, -0.15) is 0 Å². The highest BCUT2D eigenvalue weighted by atomic mass is 15.3. The van der Waals surface area contributed by atoms with Crippen LogP contribution < -0.4 is 5.32 Å². The smallest absolute Gasteiger partial charge is 0.0304 e. The van der Waals surface area contributed by atoms with E-state index >= 15 is 0 Å². The van der Waals surface area contributed by atoms with Crippen LogP contribution in [0.25, 0.3) is 0 Å². The third-order valence-electron chi connectivity index (χ3n) is 5.86. The first-order valence-electron chi connectivity index (χ1n) is 8.61. The van der Waals surface area contributed by atoms with Gasteiger partial charge in [0.25, 0.3) is 0 Å². The number of rotatable bonds is 5. The standard InChI is InChI=1S/C17H34N2/c1-5-16-11-18-17(6-2,7-3)13-19(16)12-15-9-8-14(4)10-15/h14-16,18H,5-13H2,1-4H3. The summed E-state index contributed by atoms with van der Waals surface area (Å²) in [5.41, 5.74) is 0.385. The van der Waals surface area contributed by atoms with E-state index in [2.05, 4.69) is 37.9 Å². The number of hydrogen-bond donors (Lipinski definition) is 1. The fourth-order valence-electron chi connectivity index (χ4n) is 4.20. The second-order valence-electron chi connectivity index (χ2n) is 7.14. The highest BCUT2D eigenvalue weighted by Crippen LogP contribution is 2.33. The van der Waals surface area contributed by atoms with E-state index in [4.69, 9.17) is 0 Å². The topological polar surface area (TPSA) is 15.3 Å². The van der Waals surface area contributed by atoms with E-state index in [1.165, 1.54) is 58.2 Å². The lowest BCUT2D eigenvalue weighted by Crippen LogP contribution is -2.64. The number of hydrogen-bond acceptors (Lipinski definition) is 2. The Labute approximate surface area is 120 Å². The summed E-state index contributed by atoms with van der Waals surface area (Å²) in [6.07, 6.45) is 8.20. The van der Waals surface area contributed by atoms with Crippen molar-refractivity contribution in [3.05, 3.63) is 0 Å². The van der Waals surface area contributed by atoms with Gasteiger partial charge < -0.3 is 5.32 Å². The molecular weight excluding hydrogens is 232 g/mol. The molecule has 1 aliphatic heterocycles. The summed E-state index contributed by atoms with van der Waals surface area (Å²) in [5, 5.41) is 3.85. The van der Waals surface area contributed by atoms with Crippen molar-refractivity contribution in [1.29, 1.82) is 0 Å². The largest absolute Gasteiger partial charge is 0.308 e. The van der Waals surface area contributed by atoms with Gasteiger partial charge in [0, 0.05) is 31.2 Å². The third-order valence-corrected chi connectivity index (χ3v) is 5.86. The summed E-state index contributed by atoms with van der Waals surface area (Å²) < 4.78 is 0. The Morgan fingerprint density at radius 3 is 2.42 bits per heavy atom. The predicted molar refractivity (Wildman–Crippen MR) is 83.5 cm³/mol. The molecule has 0 spiro atoms. The minimum absolute atomic E-state index is 0.385. The second kappa shape index (κ2) is 6.58. The maximum Gasteiger partial charge on any atom is 0.0304 e. The van der Waals surface area contributed by atoms with Gasteiger partial charge in [-0.1, -0.05) is 34.1 Å². The van der Waals surface area contributed by atoms with Crippen molar-refractivity contribution in [2.45, 2.75) is 77.8 Å². The average Bonchev–Trinajstić information content (AvgIpc) is 2.84. The molecule has 3 unspecified atom stereocenters. The molecule has 0 aromatic heterocycles. The van der Waals surface area contributed by atoms with Gasteiger partial charge in [0.05, 0.1) is 0 Å². The van der Waals surface area contributed by atoms with Gasteiger partial charge in [-0.25, -0.2) is 0 Å². The Kier molecular flexibility index (Phi) is 5.30. The van der Waals surface area contributed by atoms with Crippen molar-refractivity contribution < 1.29 is 0 Å². The first-order valence-corrected chi connectivity index (χ1v) is 8.61. The second-order valence-corrected chi connectivity index (χ2v) is 7.14. The molecule has 2 aliphatic rings. The molecule has 0 aromatic carbocycles. The van der Waals surface area contributed by atoms with E-state index in [1.54, 1.807) is 0 Å². The van der Waals surface area contributed by atoms with Gasteiger partial charge in [-0.05, 0) is 43.9 Å². The molecule has 2 nitrogen and oxygen atoms in total. The lowest BCUT2D eigenvalue weighted by molar-refractivity contribution is 0.0575. The molecule has 0 amide bonds. The van der Waals surface area contributed by atoms with Crippen molar-refractivity contribution in [2.24, 2.45) is 11.8 Å². The summed E-state index contributed by atoms with van der Waals surface area (Å²) in [6.45, 7) is 13.3. The van der Waals surface area contributed by atoms with Crippen LogP contribution in [0.3, 0.4) is 0 Å². The molecule has 2 rings (SSSR count). The van der Waals surface area contributed by atoms with Crippen LogP contribution in [0.1, 0.15) is 66.2 Å². The molecule has 0 radical (unpaired) electrons. The summed E-state index contributed by atoms with van der Waals surface area (Å²) in [5.74, 6) is 1.93. The molecule has 1 saturated heterocycles. The molecule has 0 bridgehead atoms. The Balaban J connectivity index is 1.97. The van der Waals surface area contributed by atoms with Crippen molar-refractivity contribution in [3.8, 4) is 0 Å². The molecule has 1 aliphatic carbocycles. The SMILES string of the molecule is CCC1CNC(CC)(CC)CN1CC1CCC(C)C1. The highest BCUT2D eigenvalue weighted by Gasteiger charge is 2.37. The van der Waals surface area contributed by atoms with Gasteiger partial charge in [-0.3, -0.25) is 4.90 Å². The van der Waals surface area contributed by atoms with Crippen molar-refractivity contribution in [1.82, 2.24) is 10.2 Å². The van der Waals surface area contributed by atoms with E-state index < -0.39 is 0 Å². The van der Waals surface area contributed by atoms with Crippen molar-refractivity contribution >= 4 is 0 Å². The highest BCUT2D eigenvalue weighted by molar-refractivity contribution is 4.97. The molecule has 19 heavy (non-hydrogen) atoms. The number of nitrogens with one attached hydrogen (secondary N) is 1. The van der Waals surface area contributed by atoms with Crippen molar-refractivity contribution in [2.75, 3.05) is 19.6 Å². The number of piperazine rings is 1. The van der Waals surface area contributed by atoms with Crippen LogP contribution in [0, 0.1) is 11.8 Å². The predicted octanol–water partition coefficient (Wildman–Crippen LogP) is 3.67. The first kappa shape index (κ1) is 15.3. The van der Waals surface area contributed by atoms with Crippen LogP contribution in [-0.2, 0) is 0 Å². The number of nitrogens with zero attached hydrogens (tertiary/aromatic N) is 1. The fourth-order valence-corrected chi connectivity index (χ4v) is 4.20. The van der Waals surface area contributed by atoms with E-state index in [-0.39, 0.29) is 0 Å². The minimum Gasteiger partial charge on any atom is -0.308 e. The monoisotopic (exact) mass is 266 g/mol. The molecule has 2 heteroatoms. The summed E-state index contributed by atoms with van der Waals surface area (Å²) in [6, 6.07) is 0.766. The zero-order valence-corrected chi connectivity index (χ0v) is 13.5. The molecule has 1 heterocycles.